The molecule has 32 heavy (non-hydrogen) atoms. The lowest BCUT2D eigenvalue weighted by Crippen LogP contribution is -2.37. The Morgan fingerprint density at radius 2 is 1.91 bits per heavy atom. The van der Waals surface area contributed by atoms with E-state index in [-0.39, 0.29) is 11.7 Å². The monoisotopic (exact) mass is 456 g/mol. The molecule has 1 amide bonds. The highest BCUT2D eigenvalue weighted by atomic mass is 32.2. The van der Waals surface area contributed by atoms with E-state index in [4.69, 9.17) is 4.74 Å². The first-order chi connectivity index (χ1) is 15.2. The fourth-order valence-electron chi connectivity index (χ4n) is 3.47. The molecular formula is C23H28N4O4S. The number of carbonyl (C=O) groups is 1. The van der Waals surface area contributed by atoms with Crippen LogP contribution < -0.4 is 21.3 Å². The van der Waals surface area contributed by atoms with Gasteiger partial charge in [0.15, 0.2) is 0 Å². The first-order valence-electron chi connectivity index (χ1n) is 10.5. The lowest BCUT2D eigenvalue weighted by atomic mass is 10.0. The summed E-state index contributed by atoms with van der Waals surface area (Å²) in [6, 6.07) is 7.25. The van der Waals surface area contributed by atoms with Gasteiger partial charge in [-0.15, -0.1) is 11.8 Å². The van der Waals surface area contributed by atoms with E-state index in [1.807, 2.05) is 19.1 Å². The number of amides is 1. The molecule has 0 aliphatic rings. The van der Waals surface area contributed by atoms with Crippen molar-refractivity contribution in [3.8, 4) is 5.75 Å². The number of benzene rings is 1. The van der Waals surface area contributed by atoms with E-state index in [1.54, 1.807) is 25.4 Å². The van der Waals surface area contributed by atoms with E-state index in [0.717, 1.165) is 10.1 Å². The van der Waals surface area contributed by atoms with Crippen LogP contribution in [-0.2, 0) is 25.3 Å². The number of ether oxygens (including phenoxy) is 1. The molecule has 1 aromatic carbocycles. The van der Waals surface area contributed by atoms with Crippen LogP contribution in [0.5, 0.6) is 5.75 Å². The molecule has 170 valence electrons. The van der Waals surface area contributed by atoms with Gasteiger partial charge in [0.1, 0.15) is 11.4 Å². The minimum Gasteiger partial charge on any atom is -0.492 e. The molecule has 8 nitrogen and oxygen atoms in total. The van der Waals surface area contributed by atoms with Gasteiger partial charge in [-0.3, -0.25) is 18.7 Å². The van der Waals surface area contributed by atoms with Crippen molar-refractivity contribution in [2.45, 2.75) is 32.1 Å². The fraction of sp³-hybridized carbons (Fsp3) is 0.391. The second kappa shape index (κ2) is 10.0. The van der Waals surface area contributed by atoms with Crippen LogP contribution in [0, 0.1) is 5.92 Å². The topological polar surface area (TPSA) is 95.2 Å². The molecule has 9 heteroatoms. The summed E-state index contributed by atoms with van der Waals surface area (Å²) in [6.07, 6.45) is 2.40. The SMILES string of the molecule is CCOc1ccccc1NC(=O)CSc1c(CC(C)C)cnc2c1c(=O)n(C)c(=O)n2C. The largest absolute Gasteiger partial charge is 0.492 e. The third-order valence-corrected chi connectivity index (χ3v) is 6.09. The van der Waals surface area contributed by atoms with Gasteiger partial charge in [-0.1, -0.05) is 26.0 Å². The molecule has 1 N–H and O–H groups in total. The predicted molar refractivity (Wildman–Crippen MR) is 128 cm³/mol. The van der Waals surface area contributed by atoms with Crippen LogP contribution in [0.4, 0.5) is 5.69 Å². The summed E-state index contributed by atoms with van der Waals surface area (Å²) in [5, 5.41) is 3.24. The Morgan fingerprint density at radius 3 is 2.59 bits per heavy atom. The smallest absolute Gasteiger partial charge is 0.332 e. The first-order valence-corrected chi connectivity index (χ1v) is 11.4. The summed E-state index contributed by atoms with van der Waals surface area (Å²) in [7, 11) is 3.04. The molecule has 0 fully saturated rings. The van der Waals surface area contributed by atoms with Crippen LogP contribution in [0.25, 0.3) is 11.0 Å². The number of rotatable bonds is 8. The zero-order chi connectivity index (χ0) is 23.4. The summed E-state index contributed by atoms with van der Waals surface area (Å²) in [4.78, 5) is 43.2. The molecular weight excluding hydrogens is 428 g/mol. The van der Waals surface area contributed by atoms with Crippen molar-refractivity contribution in [1.82, 2.24) is 14.1 Å². The van der Waals surface area contributed by atoms with Crippen LogP contribution in [-0.4, -0.2) is 32.4 Å². The van der Waals surface area contributed by atoms with E-state index in [2.05, 4.69) is 24.1 Å². The molecule has 3 aromatic rings. The molecule has 0 saturated carbocycles. The maximum absolute atomic E-state index is 13.0. The zero-order valence-corrected chi connectivity index (χ0v) is 19.8. The highest BCUT2D eigenvalue weighted by Gasteiger charge is 2.19. The number of hydrogen-bond donors (Lipinski definition) is 1. The summed E-state index contributed by atoms with van der Waals surface area (Å²) >= 11 is 1.28. The lowest BCUT2D eigenvalue weighted by Gasteiger charge is -2.16. The average molecular weight is 457 g/mol. The predicted octanol–water partition coefficient (Wildman–Crippen LogP) is 2.96. The molecule has 0 aliphatic heterocycles. The Labute approximate surface area is 190 Å². The number of pyridine rings is 1. The maximum Gasteiger partial charge on any atom is 0.332 e. The van der Waals surface area contributed by atoms with Crippen molar-refractivity contribution in [2.75, 3.05) is 17.7 Å². The van der Waals surface area contributed by atoms with Gasteiger partial charge in [-0.25, -0.2) is 9.78 Å². The summed E-state index contributed by atoms with van der Waals surface area (Å²) in [5.41, 5.74) is 0.949. The Balaban J connectivity index is 1.97. The van der Waals surface area contributed by atoms with E-state index in [0.29, 0.717) is 46.3 Å². The minimum absolute atomic E-state index is 0.0939. The highest BCUT2D eigenvalue weighted by molar-refractivity contribution is 8.00. The third kappa shape index (κ3) is 4.88. The number of thioether (sulfide) groups is 1. The van der Waals surface area contributed by atoms with Crippen molar-refractivity contribution >= 4 is 34.4 Å². The van der Waals surface area contributed by atoms with Crippen LogP contribution in [0.1, 0.15) is 26.3 Å². The number of aromatic nitrogens is 3. The van der Waals surface area contributed by atoms with Crippen molar-refractivity contribution in [1.29, 1.82) is 0 Å². The van der Waals surface area contributed by atoms with Gasteiger partial charge in [0.05, 0.1) is 23.4 Å². The number of hydrogen-bond acceptors (Lipinski definition) is 6. The molecule has 0 bridgehead atoms. The number of aryl methyl sites for hydroxylation is 1. The van der Waals surface area contributed by atoms with Crippen molar-refractivity contribution in [3.63, 3.8) is 0 Å². The normalized spacial score (nSPS) is 11.2. The molecule has 2 heterocycles. The molecule has 0 radical (unpaired) electrons. The molecule has 0 aliphatic carbocycles. The second-order valence-electron chi connectivity index (χ2n) is 7.88. The van der Waals surface area contributed by atoms with Crippen LogP contribution in [0.15, 0.2) is 44.9 Å². The van der Waals surface area contributed by atoms with Crippen LogP contribution >= 0.6 is 11.8 Å². The summed E-state index contributed by atoms with van der Waals surface area (Å²) in [5.74, 6) is 0.810. The quantitative estimate of drug-likeness (QED) is 0.524. The number of carbonyl (C=O) groups excluding carboxylic acids is 1. The van der Waals surface area contributed by atoms with E-state index in [9.17, 15) is 14.4 Å². The Bertz CT molecular complexity index is 1260. The van der Waals surface area contributed by atoms with Gasteiger partial charge in [0, 0.05) is 25.2 Å². The van der Waals surface area contributed by atoms with E-state index >= 15 is 0 Å². The lowest BCUT2D eigenvalue weighted by molar-refractivity contribution is -0.113. The van der Waals surface area contributed by atoms with Crippen molar-refractivity contribution < 1.29 is 9.53 Å². The van der Waals surface area contributed by atoms with Crippen LogP contribution in [0.3, 0.4) is 0 Å². The fourth-order valence-corrected chi connectivity index (χ4v) is 4.46. The Hall–Kier alpha value is -3.07. The molecule has 2 aromatic heterocycles. The molecule has 0 spiro atoms. The number of nitrogens with one attached hydrogen (secondary N) is 1. The van der Waals surface area contributed by atoms with Gasteiger partial charge in [-0.2, -0.15) is 0 Å². The Kier molecular flexibility index (Phi) is 7.40. The van der Waals surface area contributed by atoms with Gasteiger partial charge >= 0.3 is 5.69 Å². The number of nitrogens with zero attached hydrogens (tertiary/aromatic N) is 3. The first kappa shape index (κ1) is 23.6. The summed E-state index contributed by atoms with van der Waals surface area (Å²) in [6.45, 7) is 6.53. The minimum atomic E-state index is -0.437. The maximum atomic E-state index is 13.0. The van der Waals surface area contributed by atoms with Gasteiger partial charge in [0.25, 0.3) is 5.56 Å². The molecule has 0 unspecified atom stereocenters. The third-order valence-electron chi connectivity index (χ3n) is 4.93. The van der Waals surface area contributed by atoms with Gasteiger partial charge < -0.3 is 10.1 Å². The van der Waals surface area contributed by atoms with E-state index in [1.165, 1.54) is 23.4 Å². The van der Waals surface area contributed by atoms with Crippen molar-refractivity contribution in [2.24, 2.45) is 20.0 Å². The highest BCUT2D eigenvalue weighted by Crippen LogP contribution is 2.30. The molecule has 3 rings (SSSR count). The summed E-state index contributed by atoms with van der Waals surface area (Å²) < 4.78 is 8.00. The van der Waals surface area contributed by atoms with Crippen LogP contribution in [0.2, 0.25) is 0 Å². The standard InChI is InChI=1S/C23H28N4O4S/c1-6-31-17-10-8-7-9-16(17)25-18(28)13-32-20-15(11-14(2)3)12-24-21-19(20)22(29)27(5)23(30)26(21)4/h7-10,12,14H,6,11,13H2,1-5H3,(H,25,28). The molecule has 0 atom stereocenters. The number of fused-ring (bicyclic) bond motifs is 1. The second-order valence-corrected chi connectivity index (χ2v) is 8.87. The Morgan fingerprint density at radius 1 is 1.19 bits per heavy atom. The van der Waals surface area contributed by atoms with Crippen molar-refractivity contribution in [3.05, 3.63) is 56.9 Å². The number of para-hydroxylation sites is 2. The van der Waals surface area contributed by atoms with E-state index < -0.39 is 11.2 Å². The zero-order valence-electron chi connectivity index (χ0n) is 19.0. The number of anilines is 1. The van der Waals surface area contributed by atoms with Gasteiger partial charge in [-0.05, 0) is 37.0 Å². The molecule has 0 saturated heterocycles. The average Bonchev–Trinajstić information content (AvgIpc) is 2.76. The van der Waals surface area contributed by atoms with Gasteiger partial charge in [0.2, 0.25) is 5.91 Å².